The second-order valence-electron chi connectivity index (χ2n) is 7.57. The molecule has 2 aliphatic rings. The zero-order chi connectivity index (χ0) is 18.1. The summed E-state index contributed by atoms with van der Waals surface area (Å²) in [6.07, 6.45) is 1.36. The molecule has 3 atom stereocenters. The number of likely N-dealkylation sites (tertiary alicyclic amines) is 1. The van der Waals surface area contributed by atoms with Gasteiger partial charge in [-0.15, -0.1) is 0 Å². The van der Waals surface area contributed by atoms with Gasteiger partial charge in [0.2, 0.25) is 0 Å². The zero-order valence-corrected chi connectivity index (χ0v) is 14.6. The number of carboxylic acid groups (broad SMARTS) is 1. The van der Waals surface area contributed by atoms with E-state index in [4.69, 9.17) is 0 Å². The SMILES string of the molecule is CC(C)C[C@@H](NC(=O)N1C[C@H]2C[C@H](C1)c1cccc(=O)n1C2)C(=O)O. The predicted molar refractivity (Wildman–Crippen MR) is 92.5 cm³/mol. The van der Waals surface area contributed by atoms with Crippen molar-refractivity contribution in [2.24, 2.45) is 11.8 Å². The van der Waals surface area contributed by atoms with E-state index in [1.165, 1.54) is 0 Å². The summed E-state index contributed by atoms with van der Waals surface area (Å²) in [6.45, 7) is 5.55. The number of rotatable bonds is 4. The van der Waals surface area contributed by atoms with Gasteiger partial charge in [0.05, 0.1) is 0 Å². The van der Waals surface area contributed by atoms with Crippen molar-refractivity contribution in [1.82, 2.24) is 14.8 Å². The lowest BCUT2D eigenvalue weighted by Gasteiger charge is -2.42. The maximum Gasteiger partial charge on any atom is 0.326 e. The zero-order valence-electron chi connectivity index (χ0n) is 14.6. The molecule has 1 saturated heterocycles. The monoisotopic (exact) mass is 347 g/mol. The number of amides is 2. The minimum Gasteiger partial charge on any atom is -0.480 e. The summed E-state index contributed by atoms with van der Waals surface area (Å²) in [4.78, 5) is 37.7. The molecule has 1 aromatic heterocycles. The van der Waals surface area contributed by atoms with Crippen LogP contribution in [-0.4, -0.2) is 45.7 Å². The van der Waals surface area contributed by atoms with Crippen molar-refractivity contribution in [3.8, 4) is 0 Å². The maximum absolute atomic E-state index is 12.6. The molecule has 0 aromatic carbocycles. The number of aromatic nitrogens is 1. The molecular weight excluding hydrogens is 322 g/mol. The largest absolute Gasteiger partial charge is 0.480 e. The van der Waals surface area contributed by atoms with Crippen LogP contribution >= 0.6 is 0 Å². The molecule has 1 fully saturated rings. The molecule has 0 spiro atoms. The van der Waals surface area contributed by atoms with Gasteiger partial charge in [0.1, 0.15) is 6.04 Å². The number of piperidine rings is 1. The number of urea groups is 1. The first-order valence-electron chi connectivity index (χ1n) is 8.83. The van der Waals surface area contributed by atoms with Crippen molar-refractivity contribution >= 4 is 12.0 Å². The van der Waals surface area contributed by atoms with Gasteiger partial charge >= 0.3 is 12.0 Å². The van der Waals surface area contributed by atoms with Crippen LogP contribution in [0.1, 0.15) is 38.3 Å². The summed E-state index contributed by atoms with van der Waals surface area (Å²) in [5.41, 5.74) is 0.978. The Morgan fingerprint density at radius 3 is 2.72 bits per heavy atom. The average molecular weight is 347 g/mol. The number of fused-ring (bicyclic) bond motifs is 4. The Morgan fingerprint density at radius 2 is 2.04 bits per heavy atom. The van der Waals surface area contributed by atoms with E-state index in [0.717, 1.165) is 12.1 Å². The maximum atomic E-state index is 12.6. The number of pyridine rings is 1. The molecule has 2 aliphatic heterocycles. The van der Waals surface area contributed by atoms with Gasteiger partial charge in [0, 0.05) is 37.3 Å². The highest BCUT2D eigenvalue weighted by molar-refractivity contribution is 5.82. The molecule has 2 bridgehead atoms. The number of nitrogens with one attached hydrogen (secondary N) is 1. The summed E-state index contributed by atoms with van der Waals surface area (Å²) in [6, 6.07) is 4.08. The van der Waals surface area contributed by atoms with Crippen molar-refractivity contribution < 1.29 is 14.7 Å². The van der Waals surface area contributed by atoms with Crippen molar-refractivity contribution in [2.45, 2.75) is 45.2 Å². The third-order valence-electron chi connectivity index (χ3n) is 5.07. The molecule has 3 heterocycles. The van der Waals surface area contributed by atoms with Crippen molar-refractivity contribution in [2.75, 3.05) is 13.1 Å². The molecule has 0 radical (unpaired) electrons. The highest BCUT2D eigenvalue weighted by Crippen LogP contribution is 2.34. The average Bonchev–Trinajstić information content (AvgIpc) is 2.54. The molecule has 136 valence electrons. The Labute approximate surface area is 146 Å². The van der Waals surface area contributed by atoms with E-state index < -0.39 is 12.0 Å². The molecule has 0 saturated carbocycles. The number of nitrogens with zero attached hydrogens (tertiary/aromatic N) is 2. The van der Waals surface area contributed by atoms with Gasteiger partial charge in [-0.25, -0.2) is 9.59 Å². The van der Waals surface area contributed by atoms with Crippen LogP contribution in [0, 0.1) is 11.8 Å². The number of hydrogen-bond donors (Lipinski definition) is 2. The number of carbonyl (C=O) groups excluding carboxylic acids is 1. The number of aliphatic carboxylic acids is 1. The molecule has 0 unspecified atom stereocenters. The molecule has 25 heavy (non-hydrogen) atoms. The molecule has 3 rings (SSSR count). The van der Waals surface area contributed by atoms with Crippen LogP contribution in [0.5, 0.6) is 0 Å². The van der Waals surface area contributed by atoms with Crippen molar-refractivity contribution in [3.05, 3.63) is 34.2 Å². The number of carbonyl (C=O) groups is 2. The van der Waals surface area contributed by atoms with Gasteiger partial charge in [0.25, 0.3) is 5.56 Å². The van der Waals surface area contributed by atoms with Gasteiger partial charge in [-0.05, 0) is 30.7 Å². The third-order valence-corrected chi connectivity index (χ3v) is 5.07. The highest BCUT2D eigenvalue weighted by atomic mass is 16.4. The molecule has 7 nitrogen and oxygen atoms in total. The quantitative estimate of drug-likeness (QED) is 0.863. The fraction of sp³-hybridized carbons (Fsp3) is 0.611. The lowest BCUT2D eigenvalue weighted by molar-refractivity contribution is -0.139. The van der Waals surface area contributed by atoms with E-state index in [-0.39, 0.29) is 29.3 Å². The van der Waals surface area contributed by atoms with E-state index in [1.54, 1.807) is 17.0 Å². The number of carboxylic acids is 1. The Bertz CT molecular complexity index is 727. The van der Waals surface area contributed by atoms with Crippen LogP contribution in [-0.2, 0) is 11.3 Å². The van der Waals surface area contributed by atoms with Crippen LogP contribution in [0.4, 0.5) is 4.79 Å². The molecule has 1 aromatic rings. The van der Waals surface area contributed by atoms with Crippen LogP contribution in [0.15, 0.2) is 23.0 Å². The van der Waals surface area contributed by atoms with Crippen molar-refractivity contribution in [1.29, 1.82) is 0 Å². The summed E-state index contributed by atoms with van der Waals surface area (Å²) in [5, 5.41) is 12.0. The van der Waals surface area contributed by atoms with E-state index in [0.29, 0.717) is 26.1 Å². The lowest BCUT2D eigenvalue weighted by atomic mass is 9.83. The van der Waals surface area contributed by atoms with Crippen LogP contribution in [0.25, 0.3) is 0 Å². The first-order chi connectivity index (χ1) is 11.8. The first-order valence-corrected chi connectivity index (χ1v) is 8.83. The fourth-order valence-electron chi connectivity index (χ4n) is 4.00. The molecule has 0 aliphatic carbocycles. The van der Waals surface area contributed by atoms with Crippen LogP contribution in [0.3, 0.4) is 0 Å². The smallest absolute Gasteiger partial charge is 0.326 e. The van der Waals surface area contributed by atoms with E-state index in [2.05, 4.69) is 5.32 Å². The highest BCUT2D eigenvalue weighted by Gasteiger charge is 2.37. The summed E-state index contributed by atoms with van der Waals surface area (Å²) in [5.74, 6) is -0.469. The Hall–Kier alpha value is -2.31. The Balaban J connectivity index is 1.72. The van der Waals surface area contributed by atoms with Gasteiger partial charge < -0.3 is 19.9 Å². The van der Waals surface area contributed by atoms with Crippen LogP contribution in [0.2, 0.25) is 0 Å². The number of hydrogen-bond acceptors (Lipinski definition) is 3. The van der Waals surface area contributed by atoms with E-state index in [1.807, 2.05) is 24.5 Å². The first kappa shape index (κ1) is 17.5. The predicted octanol–water partition coefficient (Wildman–Crippen LogP) is 1.48. The van der Waals surface area contributed by atoms with Crippen LogP contribution < -0.4 is 10.9 Å². The summed E-state index contributed by atoms with van der Waals surface area (Å²) >= 11 is 0. The second kappa shape index (κ2) is 6.90. The lowest BCUT2D eigenvalue weighted by Crippen LogP contribution is -2.54. The standard InChI is InChI=1S/C18H25N3O4/c1-11(2)6-14(17(23)24)19-18(25)20-8-12-7-13(10-20)15-4-3-5-16(22)21(15)9-12/h3-5,11-14H,6-10H2,1-2H3,(H,19,25)(H,23,24)/t12-,13-,14-/m1/s1. The third kappa shape index (κ3) is 3.70. The van der Waals surface area contributed by atoms with Crippen molar-refractivity contribution in [3.63, 3.8) is 0 Å². The van der Waals surface area contributed by atoms with Gasteiger partial charge in [0.15, 0.2) is 0 Å². The normalized spacial score (nSPS) is 23.1. The topological polar surface area (TPSA) is 91.6 Å². The molecular formula is C18H25N3O4. The molecule has 2 amide bonds. The van der Waals surface area contributed by atoms with E-state index >= 15 is 0 Å². The Morgan fingerprint density at radius 1 is 1.28 bits per heavy atom. The van der Waals surface area contributed by atoms with Gasteiger partial charge in [-0.2, -0.15) is 0 Å². The van der Waals surface area contributed by atoms with Gasteiger partial charge in [-0.3, -0.25) is 4.79 Å². The summed E-state index contributed by atoms with van der Waals surface area (Å²) in [7, 11) is 0. The van der Waals surface area contributed by atoms with E-state index in [9.17, 15) is 19.5 Å². The minimum absolute atomic E-state index is 0.00739. The summed E-state index contributed by atoms with van der Waals surface area (Å²) < 4.78 is 1.81. The van der Waals surface area contributed by atoms with Gasteiger partial charge in [-0.1, -0.05) is 19.9 Å². The molecule has 2 N–H and O–H groups in total. The Kier molecular flexibility index (Phi) is 4.83. The second-order valence-corrected chi connectivity index (χ2v) is 7.57. The molecule has 7 heteroatoms. The fourth-order valence-corrected chi connectivity index (χ4v) is 4.00. The minimum atomic E-state index is -1.00.